The summed E-state index contributed by atoms with van der Waals surface area (Å²) in [6, 6.07) is 4.29. The molecule has 0 fully saturated rings. The molecule has 2 aliphatic rings. The number of allylic oxidation sites excluding steroid dienone is 2. The molecular weight excluding hydrogens is 286 g/mol. The number of phenolic OH excluding ortho intramolecular Hbond substituents is 1. The van der Waals surface area contributed by atoms with Crippen molar-refractivity contribution in [3.63, 3.8) is 0 Å². The van der Waals surface area contributed by atoms with Gasteiger partial charge in [-0.05, 0) is 35.1 Å². The second-order valence-electron chi connectivity index (χ2n) is 7.18. The summed E-state index contributed by atoms with van der Waals surface area (Å²) in [5, 5.41) is 19.3. The third-order valence-corrected chi connectivity index (χ3v) is 4.52. The zero-order chi connectivity index (χ0) is 16.8. The quantitative estimate of drug-likeness (QED) is 0.903. The van der Waals surface area contributed by atoms with E-state index in [1.807, 2.05) is 30.4 Å². The van der Waals surface area contributed by atoms with Crippen LogP contribution in [0.1, 0.15) is 38.8 Å². The van der Waals surface area contributed by atoms with Crippen LogP contribution in [-0.2, 0) is 11.8 Å². The fourth-order valence-electron chi connectivity index (χ4n) is 2.98. The summed E-state index contributed by atoms with van der Waals surface area (Å²) in [4.78, 5) is 0. The molecule has 122 valence electrons. The van der Waals surface area contributed by atoms with Crippen LogP contribution in [-0.4, -0.2) is 28.9 Å². The number of hydrazine groups is 1. The van der Waals surface area contributed by atoms with Crippen molar-refractivity contribution in [2.75, 3.05) is 12.2 Å². The molecule has 0 aromatic heterocycles. The first-order valence-corrected chi connectivity index (χ1v) is 8.15. The number of anilines is 1. The van der Waals surface area contributed by atoms with Gasteiger partial charge in [0.15, 0.2) is 0 Å². The number of benzene rings is 1. The lowest BCUT2D eigenvalue weighted by Gasteiger charge is -2.29. The largest absolute Gasteiger partial charge is 0.505 e. The molecule has 1 aromatic carbocycles. The number of rotatable bonds is 2. The summed E-state index contributed by atoms with van der Waals surface area (Å²) in [6.45, 7) is 8.63. The van der Waals surface area contributed by atoms with Crippen molar-refractivity contribution in [1.82, 2.24) is 5.01 Å². The van der Waals surface area contributed by atoms with Crippen LogP contribution in [0.25, 0.3) is 0 Å². The lowest BCUT2D eigenvalue weighted by atomic mass is 9.85. The van der Waals surface area contributed by atoms with Gasteiger partial charge in [0.25, 0.3) is 0 Å². The predicted molar refractivity (Wildman–Crippen MR) is 95.9 cm³/mol. The number of phenols is 1. The highest BCUT2D eigenvalue weighted by molar-refractivity contribution is 6.03. The molecule has 0 radical (unpaired) electrons. The molecule has 3 rings (SSSR count). The number of fused-ring (bicyclic) bond motifs is 1. The predicted octanol–water partition coefficient (Wildman–Crippen LogP) is 3.77. The molecule has 1 heterocycles. The van der Waals surface area contributed by atoms with Gasteiger partial charge < -0.3 is 5.11 Å². The average molecular weight is 311 g/mol. The molecule has 1 aliphatic heterocycles. The van der Waals surface area contributed by atoms with Crippen molar-refractivity contribution in [2.45, 2.75) is 45.6 Å². The van der Waals surface area contributed by atoms with Crippen LogP contribution >= 0.6 is 0 Å². The minimum atomic E-state index is 0.0182. The van der Waals surface area contributed by atoms with Crippen LogP contribution in [0.2, 0.25) is 0 Å². The summed E-state index contributed by atoms with van der Waals surface area (Å²) >= 11 is 0. The standard InChI is InChI=1S/C19H25N3O/c1-6-13-11-14(19(2,3)4)12-17(18(13)23)22-20-15-9-7-8-10-16(15)21(22)5/h7-12,16,23H,6H2,1-5H3. The van der Waals surface area contributed by atoms with Crippen LogP contribution < -0.4 is 5.12 Å². The number of hydrogen-bond donors (Lipinski definition) is 1. The molecule has 4 heteroatoms. The van der Waals surface area contributed by atoms with E-state index < -0.39 is 0 Å². The first-order chi connectivity index (χ1) is 10.8. The minimum Gasteiger partial charge on any atom is -0.505 e. The van der Waals surface area contributed by atoms with Crippen molar-refractivity contribution in [3.8, 4) is 5.75 Å². The highest BCUT2D eigenvalue weighted by Crippen LogP contribution is 2.39. The number of hydrazone groups is 1. The van der Waals surface area contributed by atoms with Crippen LogP contribution in [0.3, 0.4) is 0 Å². The third kappa shape index (κ3) is 2.68. The normalized spacial score (nSPS) is 20.8. The molecule has 1 atom stereocenters. The van der Waals surface area contributed by atoms with Crippen molar-refractivity contribution in [1.29, 1.82) is 0 Å². The van der Waals surface area contributed by atoms with Crippen molar-refractivity contribution >= 4 is 11.4 Å². The highest BCUT2D eigenvalue weighted by Gasteiger charge is 2.33. The minimum absolute atomic E-state index is 0.0182. The van der Waals surface area contributed by atoms with Gasteiger partial charge in [-0.3, -0.25) is 0 Å². The zero-order valence-electron chi connectivity index (χ0n) is 14.5. The van der Waals surface area contributed by atoms with Crippen molar-refractivity contribution < 1.29 is 5.11 Å². The van der Waals surface area contributed by atoms with Crippen molar-refractivity contribution in [2.24, 2.45) is 5.10 Å². The Morgan fingerprint density at radius 1 is 1.22 bits per heavy atom. The Morgan fingerprint density at radius 2 is 1.96 bits per heavy atom. The summed E-state index contributed by atoms with van der Waals surface area (Å²) in [5.74, 6) is 0.323. The molecular formula is C19H25N3O. The van der Waals surface area contributed by atoms with Gasteiger partial charge in [-0.15, -0.1) is 0 Å². The summed E-state index contributed by atoms with van der Waals surface area (Å²) in [6.07, 6.45) is 8.96. The van der Waals surface area contributed by atoms with E-state index in [0.29, 0.717) is 5.75 Å². The molecule has 0 saturated carbocycles. The highest BCUT2D eigenvalue weighted by atomic mass is 16.3. The third-order valence-electron chi connectivity index (χ3n) is 4.52. The van der Waals surface area contributed by atoms with Gasteiger partial charge in [-0.2, -0.15) is 15.2 Å². The lowest BCUT2D eigenvalue weighted by molar-refractivity contribution is 0.327. The molecule has 4 nitrogen and oxygen atoms in total. The summed E-state index contributed by atoms with van der Waals surface area (Å²) < 4.78 is 0. The van der Waals surface area contributed by atoms with Crippen LogP contribution in [0.4, 0.5) is 5.69 Å². The fourth-order valence-corrected chi connectivity index (χ4v) is 2.98. The molecule has 0 amide bonds. The van der Waals surface area contributed by atoms with E-state index in [2.05, 4.69) is 50.9 Å². The van der Waals surface area contributed by atoms with Gasteiger partial charge in [-0.1, -0.05) is 52.0 Å². The fraction of sp³-hybridized carbons (Fsp3) is 0.421. The molecule has 0 bridgehead atoms. The maximum absolute atomic E-state index is 10.7. The second-order valence-corrected chi connectivity index (χ2v) is 7.18. The number of hydrogen-bond acceptors (Lipinski definition) is 4. The molecule has 1 aliphatic carbocycles. The SMILES string of the molecule is CCc1cc(C(C)(C)C)cc(N2N=C3C=CC=CC3N2C)c1O. The number of likely N-dealkylation sites (N-methyl/N-ethyl adjacent to an activating group) is 1. The summed E-state index contributed by atoms with van der Waals surface area (Å²) in [5.41, 5.74) is 3.93. The number of aromatic hydroxyl groups is 1. The average Bonchev–Trinajstić information content (AvgIpc) is 2.84. The Morgan fingerprint density at radius 3 is 2.57 bits per heavy atom. The molecule has 0 saturated heterocycles. The Kier molecular flexibility index (Phi) is 3.80. The summed E-state index contributed by atoms with van der Waals surface area (Å²) in [7, 11) is 2.00. The molecule has 1 aromatic rings. The van der Waals surface area contributed by atoms with Crippen LogP contribution in [0.15, 0.2) is 41.5 Å². The van der Waals surface area contributed by atoms with Crippen molar-refractivity contribution in [3.05, 3.63) is 47.6 Å². The maximum Gasteiger partial charge on any atom is 0.145 e. The van der Waals surface area contributed by atoms with Gasteiger partial charge in [0.2, 0.25) is 0 Å². The molecule has 1 unspecified atom stereocenters. The topological polar surface area (TPSA) is 39.1 Å². The monoisotopic (exact) mass is 311 g/mol. The first-order valence-electron chi connectivity index (χ1n) is 8.15. The van der Waals surface area contributed by atoms with Gasteiger partial charge in [-0.25, -0.2) is 0 Å². The van der Waals surface area contributed by atoms with Gasteiger partial charge >= 0.3 is 0 Å². The second kappa shape index (κ2) is 5.53. The smallest absolute Gasteiger partial charge is 0.145 e. The van der Waals surface area contributed by atoms with E-state index in [0.717, 1.165) is 23.4 Å². The van der Waals surface area contributed by atoms with Gasteiger partial charge in [0.05, 0.1) is 11.8 Å². The Bertz CT molecular complexity index is 710. The molecule has 0 spiro atoms. The van der Waals surface area contributed by atoms with E-state index in [-0.39, 0.29) is 11.5 Å². The lowest BCUT2D eigenvalue weighted by Crippen LogP contribution is -2.39. The molecule has 23 heavy (non-hydrogen) atoms. The number of aryl methyl sites for hydroxylation is 1. The van der Waals surface area contributed by atoms with E-state index in [4.69, 9.17) is 5.10 Å². The van der Waals surface area contributed by atoms with E-state index in [1.165, 1.54) is 5.56 Å². The Labute approximate surface area is 138 Å². The van der Waals surface area contributed by atoms with Crippen LogP contribution in [0, 0.1) is 0 Å². The molecule has 1 N–H and O–H groups in total. The number of nitrogens with zero attached hydrogens (tertiary/aromatic N) is 3. The Balaban J connectivity index is 2.11. The van der Waals surface area contributed by atoms with E-state index >= 15 is 0 Å². The maximum atomic E-state index is 10.7. The van der Waals surface area contributed by atoms with Gasteiger partial charge in [0, 0.05) is 7.05 Å². The Hall–Kier alpha value is -2.07. The van der Waals surface area contributed by atoms with E-state index in [1.54, 1.807) is 0 Å². The van der Waals surface area contributed by atoms with Crippen LogP contribution in [0.5, 0.6) is 5.75 Å². The first kappa shape index (κ1) is 15.8. The zero-order valence-corrected chi connectivity index (χ0v) is 14.5. The van der Waals surface area contributed by atoms with E-state index in [9.17, 15) is 5.11 Å². The van der Waals surface area contributed by atoms with Gasteiger partial charge in [0.1, 0.15) is 11.4 Å².